The highest BCUT2D eigenvalue weighted by molar-refractivity contribution is 7.10. The Kier molecular flexibility index (Phi) is 4.36. The van der Waals surface area contributed by atoms with Crippen LogP contribution in [0.2, 0.25) is 0 Å². The van der Waals surface area contributed by atoms with Crippen molar-refractivity contribution < 1.29 is 4.79 Å². The molecule has 4 heteroatoms. The third-order valence-corrected chi connectivity index (χ3v) is 5.75. The molecule has 116 valence electrons. The lowest BCUT2D eigenvalue weighted by Gasteiger charge is -2.38. The molecule has 0 saturated heterocycles. The lowest BCUT2D eigenvalue weighted by atomic mass is 9.91. The quantitative estimate of drug-likeness (QED) is 0.908. The van der Waals surface area contributed by atoms with Crippen molar-refractivity contribution in [2.75, 3.05) is 13.1 Å². The highest BCUT2D eigenvalue weighted by Gasteiger charge is 2.42. The zero-order chi connectivity index (χ0) is 15.0. The van der Waals surface area contributed by atoms with E-state index in [4.69, 9.17) is 5.73 Å². The number of nitrogens with two attached hydrogens (primary N) is 1. The molecule has 1 aromatic heterocycles. The number of rotatable bonds is 5. The van der Waals surface area contributed by atoms with E-state index in [9.17, 15) is 4.79 Å². The summed E-state index contributed by atoms with van der Waals surface area (Å²) in [6.07, 6.45) is 4.45. The molecule has 3 rings (SSSR count). The Morgan fingerprint density at radius 3 is 2.86 bits per heavy atom. The van der Waals surface area contributed by atoms with Crippen LogP contribution in [-0.4, -0.2) is 23.9 Å². The molecule has 1 amide bonds. The van der Waals surface area contributed by atoms with Crippen LogP contribution in [0.25, 0.3) is 0 Å². The first-order chi connectivity index (χ1) is 10.1. The zero-order valence-electron chi connectivity index (χ0n) is 13.0. The fourth-order valence-corrected chi connectivity index (χ4v) is 4.53. The van der Waals surface area contributed by atoms with Gasteiger partial charge in [0.05, 0.1) is 12.0 Å². The number of hydrogen-bond acceptors (Lipinski definition) is 3. The van der Waals surface area contributed by atoms with Gasteiger partial charge in [-0.2, -0.15) is 0 Å². The van der Waals surface area contributed by atoms with Crippen molar-refractivity contribution in [1.29, 1.82) is 0 Å². The van der Waals surface area contributed by atoms with Crippen LogP contribution in [0, 0.1) is 17.8 Å². The summed E-state index contributed by atoms with van der Waals surface area (Å²) in [6, 6.07) is 2.57. The van der Waals surface area contributed by atoms with E-state index in [1.807, 2.05) is 11.3 Å². The average Bonchev–Trinajstić information content (AvgIpc) is 3.19. The lowest BCUT2D eigenvalue weighted by Crippen LogP contribution is -2.45. The van der Waals surface area contributed by atoms with E-state index in [0.717, 1.165) is 19.4 Å². The second kappa shape index (κ2) is 6.09. The fourth-order valence-electron chi connectivity index (χ4n) is 3.62. The Morgan fingerprint density at radius 1 is 1.48 bits per heavy atom. The Bertz CT molecular complexity index is 507. The van der Waals surface area contributed by atoms with Crippen LogP contribution in [0.3, 0.4) is 0 Å². The highest BCUT2D eigenvalue weighted by Crippen LogP contribution is 2.48. The van der Waals surface area contributed by atoms with Gasteiger partial charge >= 0.3 is 0 Å². The summed E-state index contributed by atoms with van der Waals surface area (Å²) >= 11 is 1.85. The maximum Gasteiger partial charge on any atom is 0.227 e. The van der Waals surface area contributed by atoms with Gasteiger partial charge in [-0.25, -0.2) is 0 Å². The Morgan fingerprint density at radius 2 is 2.24 bits per heavy atom. The smallest absolute Gasteiger partial charge is 0.227 e. The van der Waals surface area contributed by atoms with Crippen LogP contribution in [0.4, 0.5) is 0 Å². The molecule has 1 aromatic rings. The number of amides is 1. The van der Waals surface area contributed by atoms with E-state index >= 15 is 0 Å². The standard InChI is InChI=1S/C17H26N2OS/c1-11(2)9-13(10-18)17(20)19-7-5-15-14(6-8-21-15)16(19)12-3-4-12/h6,8,11-13,16H,3-5,7,9-10,18H2,1-2H3. The number of thiophene rings is 1. The molecule has 2 aliphatic rings. The molecule has 2 atom stereocenters. The van der Waals surface area contributed by atoms with Crippen LogP contribution in [0.1, 0.15) is 49.6 Å². The first-order valence-corrected chi connectivity index (χ1v) is 9.06. The fraction of sp³-hybridized carbons (Fsp3) is 0.706. The maximum atomic E-state index is 13.0. The van der Waals surface area contributed by atoms with Crippen LogP contribution < -0.4 is 5.73 Å². The van der Waals surface area contributed by atoms with Crippen LogP contribution in [0.5, 0.6) is 0 Å². The van der Waals surface area contributed by atoms with Gasteiger partial charge in [0.1, 0.15) is 0 Å². The number of hydrogen-bond donors (Lipinski definition) is 1. The summed E-state index contributed by atoms with van der Waals surface area (Å²) < 4.78 is 0. The Labute approximate surface area is 131 Å². The topological polar surface area (TPSA) is 46.3 Å². The van der Waals surface area contributed by atoms with E-state index < -0.39 is 0 Å². The summed E-state index contributed by atoms with van der Waals surface area (Å²) in [5.41, 5.74) is 7.31. The van der Waals surface area contributed by atoms with Gasteiger partial charge in [0.2, 0.25) is 5.91 Å². The maximum absolute atomic E-state index is 13.0. The summed E-state index contributed by atoms with van der Waals surface area (Å²) in [4.78, 5) is 16.6. The van der Waals surface area contributed by atoms with Crippen molar-refractivity contribution in [3.05, 3.63) is 21.9 Å². The normalized spacial score (nSPS) is 23.2. The Hall–Kier alpha value is -0.870. The van der Waals surface area contributed by atoms with E-state index in [-0.39, 0.29) is 5.92 Å². The van der Waals surface area contributed by atoms with Gasteiger partial charge in [0.25, 0.3) is 0 Å². The molecular formula is C17H26N2OS. The molecule has 21 heavy (non-hydrogen) atoms. The van der Waals surface area contributed by atoms with E-state index in [2.05, 4.69) is 30.2 Å². The van der Waals surface area contributed by atoms with Gasteiger partial charge in [-0.05, 0) is 54.5 Å². The number of fused-ring (bicyclic) bond motifs is 1. The molecule has 2 unspecified atom stereocenters. The third kappa shape index (κ3) is 3.02. The predicted octanol–water partition coefficient (Wildman–Crippen LogP) is 3.20. The molecule has 0 bridgehead atoms. The van der Waals surface area contributed by atoms with E-state index in [0.29, 0.717) is 30.3 Å². The summed E-state index contributed by atoms with van der Waals surface area (Å²) in [6.45, 7) is 5.69. The van der Waals surface area contributed by atoms with Crippen molar-refractivity contribution in [3.8, 4) is 0 Å². The molecule has 0 spiro atoms. The van der Waals surface area contributed by atoms with Crippen molar-refractivity contribution in [2.45, 2.75) is 45.6 Å². The number of carbonyl (C=O) groups excluding carboxylic acids is 1. The monoisotopic (exact) mass is 306 g/mol. The molecule has 2 N–H and O–H groups in total. The van der Waals surface area contributed by atoms with Gasteiger partial charge in [-0.3, -0.25) is 4.79 Å². The molecular weight excluding hydrogens is 280 g/mol. The molecule has 1 fully saturated rings. The van der Waals surface area contributed by atoms with Crippen LogP contribution >= 0.6 is 11.3 Å². The van der Waals surface area contributed by atoms with Gasteiger partial charge in [0.15, 0.2) is 0 Å². The van der Waals surface area contributed by atoms with E-state index in [1.54, 1.807) is 0 Å². The van der Waals surface area contributed by atoms with Crippen molar-refractivity contribution in [1.82, 2.24) is 4.90 Å². The minimum absolute atomic E-state index is 0.00793. The first-order valence-electron chi connectivity index (χ1n) is 8.18. The average molecular weight is 306 g/mol. The highest BCUT2D eigenvalue weighted by atomic mass is 32.1. The van der Waals surface area contributed by atoms with Crippen molar-refractivity contribution in [3.63, 3.8) is 0 Å². The molecule has 1 saturated carbocycles. The SMILES string of the molecule is CC(C)CC(CN)C(=O)N1CCc2sccc2C1C1CC1. The Balaban J connectivity index is 1.82. The minimum atomic E-state index is -0.00793. The minimum Gasteiger partial charge on any atom is -0.335 e. The number of carbonyl (C=O) groups is 1. The van der Waals surface area contributed by atoms with Gasteiger partial charge < -0.3 is 10.6 Å². The van der Waals surface area contributed by atoms with E-state index in [1.165, 1.54) is 23.3 Å². The molecule has 1 aliphatic heterocycles. The summed E-state index contributed by atoms with van der Waals surface area (Å²) in [5, 5.41) is 2.18. The number of nitrogens with zero attached hydrogens (tertiary/aromatic N) is 1. The molecule has 2 heterocycles. The van der Waals surface area contributed by atoms with Gasteiger partial charge in [0, 0.05) is 18.0 Å². The molecule has 1 aliphatic carbocycles. The van der Waals surface area contributed by atoms with Crippen LogP contribution in [0.15, 0.2) is 11.4 Å². The van der Waals surface area contributed by atoms with Crippen molar-refractivity contribution >= 4 is 17.2 Å². The third-order valence-electron chi connectivity index (χ3n) is 4.76. The molecule has 0 radical (unpaired) electrons. The summed E-state index contributed by atoms with van der Waals surface area (Å²) in [7, 11) is 0. The van der Waals surface area contributed by atoms with Crippen LogP contribution in [-0.2, 0) is 11.2 Å². The summed E-state index contributed by atoms with van der Waals surface area (Å²) in [5.74, 6) is 1.48. The van der Waals surface area contributed by atoms with Gasteiger partial charge in [-0.1, -0.05) is 13.8 Å². The largest absolute Gasteiger partial charge is 0.335 e. The second-order valence-electron chi connectivity index (χ2n) is 6.93. The first kappa shape index (κ1) is 15.0. The molecule has 3 nitrogen and oxygen atoms in total. The molecule has 0 aromatic carbocycles. The lowest BCUT2D eigenvalue weighted by molar-refractivity contribution is -0.139. The zero-order valence-corrected chi connectivity index (χ0v) is 13.9. The van der Waals surface area contributed by atoms with Gasteiger partial charge in [-0.15, -0.1) is 11.3 Å². The predicted molar refractivity (Wildman–Crippen MR) is 87.2 cm³/mol. The van der Waals surface area contributed by atoms with Crippen molar-refractivity contribution in [2.24, 2.45) is 23.5 Å². The second-order valence-corrected chi connectivity index (χ2v) is 7.93.